The van der Waals surface area contributed by atoms with Gasteiger partial charge in [-0.3, -0.25) is 9.59 Å². The predicted molar refractivity (Wildman–Crippen MR) is 119 cm³/mol. The van der Waals surface area contributed by atoms with Crippen molar-refractivity contribution in [1.29, 1.82) is 5.26 Å². The average Bonchev–Trinajstić information content (AvgIpc) is 3.35. The van der Waals surface area contributed by atoms with Gasteiger partial charge in [-0.15, -0.1) is 0 Å². The zero-order valence-electron chi connectivity index (χ0n) is 19.1. The first-order valence-corrected chi connectivity index (χ1v) is 10.5. The second-order valence-corrected chi connectivity index (χ2v) is 8.82. The van der Waals surface area contributed by atoms with Gasteiger partial charge < -0.3 is 9.84 Å². The highest BCUT2D eigenvalue weighted by molar-refractivity contribution is 6.08. The van der Waals surface area contributed by atoms with Crippen LogP contribution in [0.5, 0.6) is 0 Å². The minimum absolute atomic E-state index is 0.0313. The van der Waals surface area contributed by atoms with E-state index in [0.717, 1.165) is 4.90 Å². The molecule has 11 heteroatoms. The molecule has 1 aromatic carbocycles. The summed E-state index contributed by atoms with van der Waals surface area (Å²) in [6.45, 7) is 4.75. The van der Waals surface area contributed by atoms with Crippen molar-refractivity contribution in [3.63, 3.8) is 0 Å². The van der Waals surface area contributed by atoms with E-state index in [1.807, 2.05) is 6.07 Å². The molecule has 2 amide bonds. The molecule has 0 unspecified atom stereocenters. The van der Waals surface area contributed by atoms with E-state index in [4.69, 9.17) is 9.84 Å². The molecule has 35 heavy (non-hydrogen) atoms. The Bertz CT molecular complexity index is 1420. The lowest BCUT2D eigenvalue weighted by Crippen LogP contribution is -2.37. The zero-order valence-corrected chi connectivity index (χ0v) is 19.1. The first-order valence-electron chi connectivity index (χ1n) is 10.5. The zero-order chi connectivity index (χ0) is 25.5. The van der Waals surface area contributed by atoms with Gasteiger partial charge in [-0.2, -0.15) is 10.4 Å². The molecule has 0 atom stereocenters. The van der Waals surface area contributed by atoms with Gasteiger partial charge in [0.1, 0.15) is 11.4 Å². The maximum atomic E-state index is 14.8. The van der Waals surface area contributed by atoms with Gasteiger partial charge in [0.25, 0.3) is 5.91 Å². The Kier molecular flexibility index (Phi) is 5.82. The Balaban J connectivity index is 1.89. The molecule has 0 saturated carbocycles. The molecule has 1 aliphatic heterocycles. The van der Waals surface area contributed by atoms with Crippen molar-refractivity contribution < 1.29 is 28.6 Å². The summed E-state index contributed by atoms with van der Waals surface area (Å²) in [6, 6.07) is 8.79. The molecule has 1 aliphatic rings. The third kappa shape index (κ3) is 4.59. The highest BCUT2D eigenvalue weighted by Crippen LogP contribution is 2.34. The number of hydrogen-bond acceptors (Lipinski definition) is 7. The highest BCUT2D eigenvalue weighted by Gasteiger charge is 2.39. The predicted octanol–water partition coefficient (Wildman–Crippen LogP) is 3.46. The van der Waals surface area contributed by atoms with Crippen LogP contribution in [-0.2, 0) is 22.5 Å². The van der Waals surface area contributed by atoms with E-state index in [2.05, 4.69) is 10.1 Å². The van der Waals surface area contributed by atoms with Gasteiger partial charge in [0.05, 0.1) is 58.5 Å². The summed E-state index contributed by atoms with van der Waals surface area (Å²) < 4.78 is 21.4. The van der Waals surface area contributed by atoms with Crippen molar-refractivity contribution in [2.24, 2.45) is 0 Å². The standard InChI is InChI=1S/C24H20FN5O5/c1-24(2,3)35-23(34)29-12-17-21(22(29)33)18(30-8-7-14(28-30)9-19(31)32)10-16(27-17)20-13(11-26)5-4-6-15(20)25/h4-8,10H,9,12H2,1-3H3,(H,31,32). The van der Waals surface area contributed by atoms with Gasteiger partial charge >= 0.3 is 12.1 Å². The van der Waals surface area contributed by atoms with Crippen LogP contribution in [0.4, 0.5) is 9.18 Å². The molecule has 0 bridgehead atoms. The lowest BCUT2D eigenvalue weighted by molar-refractivity contribution is -0.136. The third-order valence-corrected chi connectivity index (χ3v) is 5.07. The smallest absolute Gasteiger partial charge is 0.417 e. The van der Waals surface area contributed by atoms with Crippen molar-refractivity contribution in [3.8, 4) is 23.0 Å². The monoisotopic (exact) mass is 477 g/mol. The minimum Gasteiger partial charge on any atom is -0.481 e. The second-order valence-electron chi connectivity index (χ2n) is 8.82. The number of carboxylic acids is 1. The van der Waals surface area contributed by atoms with Gasteiger partial charge in [0.2, 0.25) is 0 Å². The van der Waals surface area contributed by atoms with Gasteiger partial charge in [0.15, 0.2) is 0 Å². The van der Waals surface area contributed by atoms with Crippen LogP contribution in [0, 0.1) is 17.1 Å². The van der Waals surface area contributed by atoms with Crippen molar-refractivity contribution in [3.05, 3.63) is 64.9 Å². The lowest BCUT2D eigenvalue weighted by atomic mass is 10.0. The first kappa shape index (κ1) is 23.6. The fourth-order valence-electron chi connectivity index (χ4n) is 3.68. The summed E-state index contributed by atoms with van der Waals surface area (Å²) >= 11 is 0. The number of ether oxygens (including phenoxy) is 1. The topological polar surface area (TPSA) is 138 Å². The summed E-state index contributed by atoms with van der Waals surface area (Å²) in [5.41, 5.74) is -0.245. The summed E-state index contributed by atoms with van der Waals surface area (Å²) in [5.74, 6) is -2.47. The van der Waals surface area contributed by atoms with E-state index in [-0.39, 0.29) is 52.4 Å². The Morgan fingerprint density at radius 1 is 1.26 bits per heavy atom. The number of imide groups is 1. The van der Waals surface area contributed by atoms with Crippen LogP contribution >= 0.6 is 0 Å². The minimum atomic E-state index is -1.09. The van der Waals surface area contributed by atoms with E-state index in [1.165, 1.54) is 41.2 Å². The van der Waals surface area contributed by atoms with E-state index in [0.29, 0.717) is 0 Å². The maximum Gasteiger partial charge on any atom is 0.417 e. The highest BCUT2D eigenvalue weighted by atomic mass is 19.1. The average molecular weight is 477 g/mol. The molecular weight excluding hydrogens is 457 g/mol. The van der Waals surface area contributed by atoms with Crippen molar-refractivity contribution in [1.82, 2.24) is 19.7 Å². The van der Waals surface area contributed by atoms with Gasteiger partial charge in [-0.1, -0.05) is 6.07 Å². The number of nitrogens with zero attached hydrogens (tertiary/aromatic N) is 5. The molecule has 3 heterocycles. The van der Waals surface area contributed by atoms with Crippen LogP contribution in [-0.4, -0.2) is 48.3 Å². The Hall–Kier alpha value is -4.59. The van der Waals surface area contributed by atoms with Crippen LogP contribution in [0.3, 0.4) is 0 Å². The molecule has 0 aliphatic carbocycles. The van der Waals surface area contributed by atoms with Gasteiger partial charge in [0, 0.05) is 6.20 Å². The number of nitriles is 1. The van der Waals surface area contributed by atoms with E-state index >= 15 is 0 Å². The Morgan fingerprint density at radius 3 is 2.66 bits per heavy atom. The van der Waals surface area contributed by atoms with Crippen molar-refractivity contribution >= 4 is 18.0 Å². The number of aromatic nitrogens is 3. The SMILES string of the molecule is CC(C)(C)OC(=O)N1Cc2nc(-c3c(F)cccc3C#N)cc(-n3ccc(CC(=O)O)n3)c2C1=O. The van der Waals surface area contributed by atoms with E-state index in [1.54, 1.807) is 20.8 Å². The normalized spacial score (nSPS) is 12.9. The Morgan fingerprint density at radius 2 is 2.00 bits per heavy atom. The van der Waals surface area contributed by atoms with Crippen LogP contribution in [0.2, 0.25) is 0 Å². The second kappa shape index (κ2) is 8.64. The fourth-order valence-corrected chi connectivity index (χ4v) is 3.68. The Labute approximate surface area is 199 Å². The number of amides is 2. The van der Waals surface area contributed by atoms with Crippen LogP contribution in [0.25, 0.3) is 16.9 Å². The number of carbonyl (C=O) groups is 3. The molecule has 3 aromatic rings. The number of aliphatic carboxylic acids is 1. The number of hydrogen-bond donors (Lipinski definition) is 1. The lowest BCUT2D eigenvalue weighted by Gasteiger charge is -2.23. The molecule has 0 spiro atoms. The van der Waals surface area contributed by atoms with E-state index in [9.17, 15) is 24.0 Å². The van der Waals surface area contributed by atoms with Crippen LogP contribution < -0.4 is 0 Å². The molecule has 178 valence electrons. The third-order valence-electron chi connectivity index (χ3n) is 5.07. The quantitative estimate of drug-likeness (QED) is 0.603. The first-order chi connectivity index (χ1) is 16.5. The summed E-state index contributed by atoms with van der Waals surface area (Å²) in [7, 11) is 0. The number of benzene rings is 1. The van der Waals surface area contributed by atoms with Gasteiger partial charge in [-0.05, 0) is 45.0 Å². The van der Waals surface area contributed by atoms with Gasteiger partial charge in [-0.25, -0.2) is 23.8 Å². The maximum absolute atomic E-state index is 14.8. The van der Waals surface area contributed by atoms with Crippen molar-refractivity contribution in [2.75, 3.05) is 0 Å². The van der Waals surface area contributed by atoms with Crippen LogP contribution in [0.15, 0.2) is 36.5 Å². The van der Waals surface area contributed by atoms with E-state index < -0.39 is 29.4 Å². The molecule has 10 nitrogen and oxygen atoms in total. The van der Waals surface area contributed by atoms with Crippen LogP contribution in [0.1, 0.15) is 48.1 Å². The number of pyridine rings is 1. The molecule has 2 aromatic heterocycles. The fraction of sp³-hybridized carbons (Fsp3) is 0.250. The summed E-state index contributed by atoms with van der Waals surface area (Å²) in [4.78, 5) is 42.3. The number of carbonyl (C=O) groups excluding carboxylic acids is 2. The van der Waals surface area contributed by atoms with Crippen molar-refractivity contribution in [2.45, 2.75) is 39.3 Å². The molecule has 0 saturated heterocycles. The number of halogens is 1. The largest absolute Gasteiger partial charge is 0.481 e. The molecule has 0 fully saturated rings. The molecular formula is C24H20FN5O5. The molecule has 4 rings (SSSR count). The number of rotatable bonds is 4. The number of carboxylic acid groups (broad SMARTS) is 1. The summed E-state index contributed by atoms with van der Waals surface area (Å²) in [5, 5.41) is 22.8. The molecule has 0 radical (unpaired) electrons. The molecule has 1 N–H and O–H groups in total. The summed E-state index contributed by atoms with van der Waals surface area (Å²) in [6.07, 6.45) is 0.230. The number of fused-ring (bicyclic) bond motifs is 1.